The first-order valence-electron chi connectivity index (χ1n) is 5.88. The minimum atomic E-state index is -0.532. The van der Waals surface area contributed by atoms with E-state index in [2.05, 4.69) is 26.1 Å². The van der Waals surface area contributed by atoms with Crippen LogP contribution in [0.5, 0.6) is 5.75 Å². The lowest BCUT2D eigenvalue weighted by Gasteiger charge is -2.19. The van der Waals surface area contributed by atoms with E-state index in [1.54, 1.807) is 18.2 Å². The number of nitrogens with two attached hydrogens (primary N) is 1. The zero-order valence-corrected chi connectivity index (χ0v) is 12.4. The minimum absolute atomic E-state index is 0.0961. The van der Waals surface area contributed by atoms with Gasteiger partial charge in [-0.25, -0.2) is 0 Å². The van der Waals surface area contributed by atoms with E-state index in [9.17, 15) is 5.11 Å². The third-order valence-electron chi connectivity index (χ3n) is 2.33. The van der Waals surface area contributed by atoms with Gasteiger partial charge in [0, 0.05) is 5.02 Å². The van der Waals surface area contributed by atoms with Crippen molar-refractivity contribution < 1.29 is 15.2 Å². The number of quaternary nitrogens is 1. The van der Waals surface area contributed by atoms with Gasteiger partial charge in [-0.1, -0.05) is 23.2 Å². The van der Waals surface area contributed by atoms with Crippen molar-refractivity contribution >= 4 is 23.2 Å². The first-order chi connectivity index (χ1) is 8.28. The van der Waals surface area contributed by atoms with E-state index in [0.29, 0.717) is 22.3 Å². The maximum atomic E-state index is 9.79. The molecule has 0 saturated carbocycles. The van der Waals surface area contributed by atoms with E-state index in [0.717, 1.165) is 0 Å². The third-order valence-corrected chi connectivity index (χ3v) is 2.86. The van der Waals surface area contributed by atoms with Crippen LogP contribution in [0.2, 0.25) is 10.0 Å². The van der Waals surface area contributed by atoms with Crippen molar-refractivity contribution in [2.45, 2.75) is 32.4 Å². The van der Waals surface area contributed by atoms with Crippen molar-refractivity contribution in [3.63, 3.8) is 0 Å². The van der Waals surface area contributed by atoms with Gasteiger partial charge in [0.05, 0.1) is 10.6 Å². The average molecular weight is 293 g/mol. The number of rotatable bonds is 5. The van der Waals surface area contributed by atoms with Crippen LogP contribution in [0.1, 0.15) is 20.8 Å². The standard InChI is InChI=1S/C13H19Cl2NO2/c1-13(2,3)16-7-10(17)8-18-12-5-4-9(14)6-11(12)15/h4-6,10,16-17H,7-8H2,1-3H3/p+1/t10-/m0/s1. The Labute approximate surface area is 118 Å². The van der Waals surface area contributed by atoms with E-state index in [4.69, 9.17) is 27.9 Å². The molecular weight excluding hydrogens is 273 g/mol. The van der Waals surface area contributed by atoms with Crippen molar-refractivity contribution in [1.82, 2.24) is 0 Å². The van der Waals surface area contributed by atoms with Gasteiger partial charge in [-0.3, -0.25) is 0 Å². The fraction of sp³-hybridized carbons (Fsp3) is 0.538. The summed E-state index contributed by atoms with van der Waals surface area (Å²) in [6, 6.07) is 5.02. The Balaban J connectivity index is 2.40. The number of ether oxygens (including phenoxy) is 1. The highest BCUT2D eigenvalue weighted by molar-refractivity contribution is 6.35. The van der Waals surface area contributed by atoms with Gasteiger partial charge in [-0.05, 0) is 39.0 Å². The molecule has 0 radical (unpaired) electrons. The topological polar surface area (TPSA) is 46.1 Å². The van der Waals surface area contributed by atoms with Gasteiger partial charge < -0.3 is 15.2 Å². The monoisotopic (exact) mass is 292 g/mol. The summed E-state index contributed by atoms with van der Waals surface area (Å²) in [5.41, 5.74) is 0.0961. The van der Waals surface area contributed by atoms with Crippen molar-refractivity contribution in [1.29, 1.82) is 0 Å². The van der Waals surface area contributed by atoms with Gasteiger partial charge >= 0.3 is 0 Å². The summed E-state index contributed by atoms with van der Waals surface area (Å²) in [6.07, 6.45) is -0.532. The number of hydrogen-bond acceptors (Lipinski definition) is 2. The minimum Gasteiger partial charge on any atom is -0.489 e. The molecule has 18 heavy (non-hydrogen) atoms. The molecule has 0 saturated heterocycles. The highest BCUT2D eigenvalue weighted by atomic mass is 35.5. The maximum absolute atomic E-state index is 9.79. The zero-order chi connectivity index (χ0) is 13.8. The molecule has 0 bridgehead atoms. The van der Waals surface area contributed by atoms with E-state index in [1.807, 2.05) is 0 Å². The van der Waals surface area contributed by atoms with Crippen LogP contribution in [0.25, 0.3) is 0 Å². The van der Waals surface area contributed by atoms with E-state index >= 15 is 0 Å². The van der Waals surface area contributed by atoms with Crippen LogP contribution in [0.15, 0.2) is 18.2 Å². The molecule has 0 aliphatic heterocycles. The molecular formula is C13H20Cl2NO2+. The molecule has 1 atom stereocenters. The molecule has 0 spiro atoms. The molecule has 0 fully saturated rings. The van der Waals surface area contributed by atoms with Gasteiger partial charge in [-0.15, -0.1) is 0 Å². The van der Waals surface area contributed by atoms with Gasteiger partial charge in [0.25, 0.3) is 0 Å². The summed E-state index contributed by atoms with van der Waals surface area (Å²) in [6.45, 7) is 7.09. The molecule has 0 unspecified atom stereocenters. The molecule has 0 aliphatic carbocycles. The number of aliphatic hydroxyl groups excluding tert-OH is 1. The molecule has 0 aliphatic rings. The molecule has 3 nitrogen and oxygen atoms in total. The Morgan fingerprint density at radius 2 is 2.00 bits per heavy atom. The molecule has 3 N–H and O–H groups in total. The summed E-state index contributed by atoms with van der Waals surface area (Å²) in [5.74, 6) is 0.538. The lowest BCUT2D eigenvalue weighted by atomic mass is 10.1. The molecule has 0 amide bonds. The fourth-order valence-corrected chi connectivity index (χ4v) is 1.80. The van der Waals surface area contributed by atoms with Gasteiger partial charge in [0.15, 0.2) is 0 Å². The Morgan fingerprint density at radius 3 is 2.56 bits per heavy atom. The lowest BCUT2D eigenvalue weighted by Crippen LogP contribution is -2.96. The summed E-state index contributed by atoms with van der Waals surface area (Å²) >= 11 is 11.7. The van der Waals surface area contributed by atoms with E-state index in [1.165, 1.54) is 0 Å². The Kier molecular flexibility index (Phi) is 5.73. The normalized spacial score (nSPS) is 13.4. The van der Waals surface area contributed by atoms with Crippen LogP contribution in [0.3, 0.4) is 0 Å². The van der Waals surface area contributed by atoms with Crippen LogP contribution >= 0.6 is 23.2 Å². The summed E-state index contributed by atoms with van der Waals surface area (Å²) in [4.78, 5) is 0. The van der Waals surface area contributed by atoms with Crippen LogP contribution in [0, 0.1) is 0 Å². The molecule has 1 rings (SSSR count). The summed E-state index contributed by atoms with van der Waals surface area (Å²) in [5, 5.41) is 12.9. The van der Waals surface area contributed by atoms with Gasteiger partial charge in [0.2, 0.25) is 0 Å². The average Bonchev–Trinajstić information content (AvgIpc) is 2.24. The first-order valence-corrected chi connectivity index (χ1v) is 6.64. The van der Waals surface area contributed by atoms with E-state index in [-0.39, 0.29) is 12.1 Å². The Bertz CT molecular complexity index is 391. The highest BCUT2D eigenvalue weighted by Gasteiger charge is 2.16. The second-order valence-electron chi connectivity index (χ2n) is 5.35. The second-order valence-corrected chi connectivity index (χ2v) is 6.19. The zero-order valence-electron chi connectivity index (χ0n) is 10.9. The Morgan fingerprint density at radius 1 is 1.33 bits per heavy atom. The van der Waals surface area contributed by atoms with Crippen LogP contribution in [-0.4, -0.2) is 29.9 Å². The number of aliphatic hydroxyl groups is 1. The fourth-order valence-electron chi connectivity index (χ4n) is 1.34. The quantitative estimate of drug-likeness (QED) is 0.873. The number of benzene rings is 1. The molecule has 5 heteroatoms. The summed E-state index contributed by atoms with van der Waals surface area (Å²) < 4.78 is 5.46. The second kappa shape index (κ2) is 6.62. The highest BCUT2D eigenvalue weighted by Crippen LogP contribution is 2.27. The molecule has 0 heterocycles. The third kappa shape index (κ3) is 5.91. The predicted molar refractivity (Wildman–Crippen MR) is 74.5 cm³/mol. The first kappa shape index (κ1) is 15.6. The van der Waals surface area contributed by atoms with Crippen LogP contribution in [-0.2, 0) is 0 Å². The van der Waals surface area contributed by atoms with Gasteiger partial charge in [0.1, 0.15) is 25.0 Å². The lowest BCUT2D eigenvalue weighted by molar-refractivity contribution is -0.722. The smallest absolute Gasteiger partial charge is 0.138 e. The maximum Gasteiger partial charge on any atom is 0.138 e. The molecule has 102 valence electrons. The number of halogens is 2. The molecule has 1 aromatic carbocycles. The Hall–Kier alpha value is -0.480. The SMILES string of the molecule is CC(C)(C)[NH2+]C[C@H](O)COc1ccc(Cl)cc1Cl. The van der Waals surface area contributed by atoms with Crippen molar-refractivity contribution in [3.05, 3.63) is 28.2 Å². The van der Waals surface area contributed by atoms with Crippen molar-refractivity contribution in [2.24, 2.45) is 0 Å². The molecule has 1 aromatic rings. The van der Waals surface area contributed by atoms with Crippen LogP contribution < -0.4 is 10.1 Å². The van der Waals surface area contributed by atoms with Gasteiger partial charge in [-0.2, -0.15) is 0 Å². The molecule has 0 aromatic heterocycles. The number of hydrogen-bond donors (Lipinski definition) is 2. The predicted octanol–water partition coefficient (Wildman–Crippen LogP) is 2.10. The van der Waals surface area contributed by atoms with Crippen molar-refractivity contribution in [3.8, 4) is 5.75 Å². The van der Waals surface area contributed by atoms with Crippen molar-refractivity contribution in [2.75, 3.05) is 13.2 Å². The summed E-state index contributed by atoms with van der Waals surface area (Å²) in [7, 11) is 0. The van der Waals surface area contributed by atoms with Crippen LogP contribution in [0.4, 0.5) is 0 Å². The largest absolute Gasteiger partial charge is 0.489 e. The van der Waals surface area contributed by atoms with E-state index < -0.39 is 6.10 Å².